The number of para-hydroxylation sites is 3. The molecule has 288 valence electrons. The summed E-state index contributed by atoms with van der Waals surface area (Å²) in [6.07, 6.45) is 0. The maximum atomic E-state index is 10.7. The van der Waals surface area contributed by atoms with Gasteiger partial charge in [-0.1, -0.05) is 166 Å². The van der Waals surface area contributed by atoms with Gasteiger partial charge >= 0.3 is 0 Å². The molecule has 61 heavy (non-hydrogen) atoms. The molecule has 0 radical (unpaired) electrons. The van der Waals surface area contributed by atoms with Gasteiger partial charge in [-0.2, -0.15) is 5.26 Å². The molecular weight excluding hydrogens is 743 g/mol. The zero-order valence-corrected chi connectivity index (χ0v) is 33.8. The number of hydrogen-bond donors (Lipinski definition) is 0. The van der Waals surface area contributed by atoms with Crippen LogP contribution in [0.5, 0.6) is 0 Å². The van der Waals surface area contributed by atoms with Crippen molar-refractivity contribution in [3.63, 3.8) is 0 Å². The van der Waals surface area contributed by atoms with E-state index in [-0.39, 0.29) is 5.41 Å². The minimum Gasteiger partial charge on any atom is -0.309 e. The van der Waals surface area contributed by atoms with E-state index in [4.69, 9.17) is 9.97 Å². The lowest BCUT2D eigenvalue weighted by Crippen LogP contribution is -2.30. The summed E-state index contributed by atoms with van der Waals surface area (Å²) in [4.78, 5) is 12.9. The predicted molar refractivity (Wildman–Crippen MR) is 250 cm³/mol. The molecule has 0 aliphatic carbocycles. The van der Waals surface area contributed by atoms with E-state index in [1.165, 1.54) is 33.3 Å². The van der Waals surface area contributed by atoms with Crippen molar-refractivity contribution in [1.82, 2.24) is 14.5 Å². The Morgan fingerprint density at radius 3 is 1.69 bits per heavy atom. The van der Waals surface area contributed by atoms with Crippen LogP contribution in [0, 0.1) is 11.3 Å². The van der Waals surface area contributed by atoms with Gasteiger partial charge < -0.3 is 9.47 Å². The molecule has 0 N–H and O–H groups in total. The molecule has 2 aromatic heterocycles. The number of hydrogen-bond acceptors (Lipinski definition) is 4. The molecule has 1 aliphatic heterocycles. The number of benzene rings is 8. The molecule has 0 amide bonds. The van der Waals surface area contributed by atoms with E-state index in [0.717, 1.165) is 50.2 Å². The largest absolute Gasteiger partial charge is 0.309 e. The van der Waals surface area contributed by atoms with E-state index in [1.54, 1.807) is 0 Å². The van der Waals surface area contributed by atoms with Crippen molar-refractivity contribution in [1.29, 1.82) is 5.26 Å². The second-order valence-corrected chi connectivity index (χ2v) is 16.1. The Bertz CT molecular complexity index is 3270. The van der Waals surface area contributed by atoms with E-state index in [2.05, 4.69) is 163 Å². The molecule has 0 atom stereocenters. The van der Waals surface area contributed by atoms with E-state index in [0.29, 0.717) is 22.8 Å². The summed E-state index contributed by atoms with van der Waals surface area (Å²) < 4.78 is 2.40. The van der Waals surface area contributed by atoms with Crippen LogP contribution >= 0.6 is 0 Å². The second-order valence-electron chi connectivity index (χ2n) is 16.1. The van der Waals surface area contributed by atoms with Gasteiger partial charge in [-0.25, -0.2) is 9.97 Å². The molecule has 8 aromatic carbocycles. The molecule has 5 nitrogen and oxygen atoms in total. The average Bonchev–Trinajstić information content (AvgIpc) is 3.67. The molecule has 11 rings (SSSR count). The Morgan fingerprint density at radius 1 is 0.475 bits per heavy atom. The smallest absolute Gasteiger partial charge is 0.160 e. The van der Waals surface area contributed by atoms with E-state index < -0.39 is 0 Å². The molecule has 5 heteroatoms. The lowest BCUT2D eigenvalue weighted by molar-refractivity contribution is 0.633. The third-order valence-corrected chi connectivity index (χ3v) is 12.2. The van der Waals surface area contributed by atoms with Crippen LogP contribution in [0.3, 0.4) is 0 Å². The molecule has 0 unspecified atom stereocenters. The standard InChI is InChI=1S/C56H39N5/c1-56(2)46-28-16-18-30-49(46)61(42-25-13-6-14-26-42)54-47(56)31-32-50-51(54)44-27-15-17-29-48(44)60(50)43-34-40(37-19-7-3-8-20-37)33-41(35-43)55-58-52(38-21-9-4-10-22-38)45(36-57)53(59-55)39-23-11-5-12-24-39/h3-35H,1-2H3. The van der Waals surface area contributed by atoms with Gasteiger partial charge in [-0.3, -0.25) is 0 Å². The topological polar surface area (TPSA) is 57.7 Å². The summed E-state index contributed by atoms with van der Waals surface area (Å²) in [6, 6.07) is 72.5. The summed E-state index contributed by atoms with van der Waals surface area (Å²) >= 11 is 0. The van der Waals surface area contributed by atoms with Crippen molar-refractivity contribution in [2.45, 2.75) is 19.3 Å². The molecule has 1 aliphatic rings. The normalized spacial score (nSPS) is 12.8. The van der Waals surface area contributed by atoms with Crippen LogP contribution in [0.1, 0.15) is 30.5 Å². The van der Waals surface area contributed by atoms with Crippen LogP contribution in [0.25, 0.3) is 72.5 Å². The minimum atomic E-state index is -0.255. The summed E-state index contributed by atoms with van der Waals surface area (Å²) in [5.74, 6) is 0.544. The van der Waals surface area contributed by atoms with Crippen LogP contribution in [0.2, 0.25) is 0 Å². The number of anilines is 3. The maximum Gasteiger partial charge on any atom is 0.160 e. The zero-order valence-electron chi connectivity index (χ0n) is 33.8. The first-order valence-corrected chi connectivity index (χ1v) is 20.6. The summed E-state index contributed by atoms with van der Waals surface area (Å²) in [7, 11) is 0. The number of aromatic nitrogens is 3. The van der Waals surface area contributed by atoms with Gasteiger partial charge in [-0.15, -0.1) is 0 Å². The Hall–Kier alpha value is -8.07. The summed E-state index contributed by atoms with van der Waals surface area (Å²) in [6.45, 7) is 4.69. The molecular formula is C56H39N5. The summed E-state index contributed by atoms with van der Waals surface area (Å²) in [5, 5.41) is 13.0. The first-order valence-electron chi connectivity index (χ1n) is 20.6. The Kier molecular flexibility index (Phi) is 8.47. The van der Waals surface area contributed by atoms with Crippen molar-refractivity contribution in [2.24, 2.45) is 0 Å². The number of fused-ring (bicyclic) bond motifs is 6. The summed E-state index contributed by atoms with van der Waals surface area (Å²) in [5.41, 5.74) is 15.3. The Balaban J connectivity index is 1.22. The van der Waals surface area contributed by atoms with Gasteiger partial charge in [0.2, 0.25) is 0 Å². The molecule has 0 spiro atoms. The fourth-order valence-electron chi connectivity index (χ4n) is 9.34. The number of nitriles is 1. The van der Waals surface area contributed by atoms with Crippen LogP contribution in [0.15, 0.2) is 200 Å². The fraction of sp³-hybridized carbons (Fsp3) is 0.0536. The molecule has 3 heterocycles. The highest BCUT2D eigenvalue weighted by molar-refractivity contribution is 6.18. The van der Waals surface area contributed by atoms with Gasteiger partial charge in [0.05, 0.1) is 33.8 Å². The quantitative estimate of drug-likeness (QED) is 0.169. The van der Waals surface area contributed by atoms with Crippen LogP contribution < -0.4 is 4.90 Å². The van der Waals surface area contributed by atoms with Crippen LogP contribution in [0.4, 0.5) is 17.1 Å². The number of rotatable bonds is 6. The highest BCUT2D eigenvalue weighted by Crippen LogP contribution is 2.55. The van der Waals surface area contributed by atoms with Crippen molar-refractivity contribution in [2.75, 3.05) is 4.90 Å². The molecule has 0 bridgehead atoms. The van der Waals surface area contributed by atoms with Crippen molar-refractivity contribution < 1.29 is 0 Å². The van der Waals surface area contributed by atoms with Crippen molar-refractivity contribution >= 4 is 38.9 Å². The van der Waals surface area contributed by atoms with Gasteiger partial charge in [0.15, 0.2) is 5.82 Å². The highest BCUT2D eigenvalue weighted by atomic mass is 15.2. The third-order valence-electron chi connectivity index (χ3n) is 12.2. The van der Waals surface area contributed by atoms with Crippen LogP contribution in [-0.4, -0.2) is 14.5 Å². The average molecular weight is 782 g/mol. The minimum absolute atomic E-state index is 0.255. The third kappa shape index (κ3) is 5.84. The highest BCUT2D eigenvalue weighted by Gasteiger charge is 2.39. The van der Waals surface area contributed by atoms with Gasteiger partial charge in [0.1, 0.15) is 11.6 Å². The van der Waals surface area contributed by atoms with Crippen LogP contribution in [-0.2, 0) is 5.41 Å². The van der Waals surface area contributed by atoms with E-state index in [9.17, 15) is 5.26 Å². The number of nitrogens with zero attached hydrogens (tertiary/aromatic N) is 5. The molecule has 0 fully saturated rings. The van der Waals surface area contributed by atoms with Gasteiger partial charge in [0.25, 0.3) is 0 Å². The van der Waals surface area contributed by atoms with E-state index in [1.807, 2.05) is 66.7 Å². The SMILES string of the molecule is CC1(C)c2ccccc2N(c2ccccc2)c2c1ccc1c2c2ccccc2n1-c1cc(-c2ccccc2)cc(-c2nc(-c3ccccc3)c(C#N)c(-c3ccccc3)n2)c1. The second kappa shape index (κ2) is 14.3. The maximum absolute atomic E-state index is 10.7. The first kappa shape index (κ1) is 36.0. The van der Waals surface area contributed by atoms with Gasteiger partial charge in [-0.05, 0) is 70.8 Å². The fourth-order valence-corrected chi connectivity index (χ4v) is 9.34. The van der Waals surface area contributed by atoms with Gasteiger partial charge in [0, 0.05) is 44.3 Å². The predicted octanol–water partition coefficient (Wildman–Crippen LogP) is 14.2. The Morgan fingerprint density at radius 2 is 1.03 bits per heavy atom. The lowest BCUT2D eigenvalue weighted by atomic mass is 9.73. The van der Waals surface area contributed by atoms with Crippen molar-refractivity contribution in [3.05, 3.63) is 217 Å². The molecule has 10 aromatic rings. The Labute approximate surface area is 355 Å². The van der Waals surface area contributed by atoms with Crippen molar-refractivity contribution in [3.8, 4) is 56.8 Å². The molecule has 0 saturated heterocycles. The first-order chi connectivity index (χ1) is 30.0. The monoisotopic (exact) mass is 781 g/mol. The van der Waals surface area contributed by atoms with E-state index >= 15 is 0 Å². The molecule has 0 saturated carbocycles. The lowest BCUT2D eigenvalue weighted by Gasteiger charge is -2.42. The zero-order chi connectivity index (χ0) is 41.1.